The molecule has 0 bridgehead atoms. The minimum Gasteiger partial charge on any atom is -0.328 e. The quantitative estimate of drug-likeness (QED) is 0.597. The minimum absolute atomic E-state index is 0.427. The first-order chi connectivity index (χ1) is 5.20. The van der Waals surface area contributed by atoms with Crippen LogP contribution < -0.4 is 5.73 Å². The molecule has 2 nitrogen and oxygen atoms in total. The van der Waals surface area contributed by atoms with Crippen molar-refractivity contribution in [3.63, 3.8) is 0 Å². The monoisotopic (exact) mass is 154 g/mol. The van der Waals surface area contributed by atoms with Crippen LogP contribution >= 0.6 is 0 Å². The Balaban J connectivity index is 1.93. The highest BCUT2D eigenvalue weighted by molar-refractivity contribution is 5.04. The Labute approximate surface area is 68.7 Å². The molecule has 4 unspecified atom stereocenters. The van der Waals surface area contributed by atoms with Gasteiger partial charge in [0.25, 0.3) is 0 Å². The highest BCUT2D eigenvalue weighted by Crippen LogP contribution is 2.52. The average Bonchev–Trinajstić information content (AvgIpc) is 2.60. The highest BCUT2D eigenvalue weighted by Gasteiger charge is 2.53. The van der Waals surface area contributed by atoms with Gasteiger partial charge in [0.1, 0.15) is 0 Å². The van der Waals surface area contributed by atoms with E-state index in [2.05, 4.69) is 18.9 Å². The van der Waals surface area contributed by atoms with Gasteiger partial charge in [0, 0.05) is 12.6 Å². The van der Waals surface area contributed by atoms with Crippen molar-refractivity contribution in [2.45, 2.75) is 19.4 Å². The summed E-state index contributed by atoms with van der Waals surface area (Å²) >= 11 is 0. The number of likely N-dealkylation sites (tertiary alicyclic amines) is 1. The van der Waals surface area contributed by atoms with Crippen LogP contribution in [0.2, 0.25) is 0 Å². The van der Waals surface area contributed by atoms with E-state index in [1.54, 1.807) is 0 Å². The summed E-state index contributed by atoms with van der Waals surface area (Å²) in [4.78, 5) is 2.43. The normalized spacial score (nSPS) is 46.6. The maximum absolute atomic E-state index is 5.88. The van der Waals surface area contributed by atoms with Gasteiger partial charge in [-0.3, -0.25) is 0 Å². The Hall–Kier alpha value is -0.0800. The summed E-state index contributed by atoms with van der Waals surface area (Å²) in [6, 6.07) is 0.427. The summed E-state index contributed by atoms with van der Waals surface area (Å²) in [6.07, 6.45) is 1.38. The second kappa shape index (κ2) is 2.46. The molecule has 0 radical (unpaired) electrons. The van der Waals surface area contributed by atoms with E-state index < -0.39 is 0 Å². The van der Waals surface area contributed by atoms with E-state index in [9.17, 15) is 0 Å². The van der Waals surface area contributed by atoms with Gasteiger partial charge in [0.15, 0.2) is 0 Å². The molecule has 0 aromatic heterocycles. The third-order valence-electron chi connectivity index (χ3n) is 3.37. The smallest absolute Gasteiger partial charge is 0.00447 e. The van der Waals surface area contributed by atoms with Gasteiger partial charge in [-0.15, -0.1) is 0 Å². The highest BCUT2D eigenvalue weighted by atomic mass is 15.1. The Bertz CT molecular complexity index is 156. The Morgan fingerprint density at radius 2 is 2.18 bits per heavy atom. The topological polar surface area (TPSA) is 29.3 Å². The second-order valence-corrected chi connectivity index (χ2v) is 4.32. The predicted octanol–water partition coefficient (Wildman–Crippen LogP) is 0.531. The first-order valence-corrected chi connectivity index (χ1v) is 4.64. The third-order valence-corrected chi connectivity index (χ3v) is 3.37. The summed E-state index contributed by atoms with van der Waals surface area (Å²) in [5.41, 5.74) is 5.88. The lowest BCUT2D eigenvalue weighted by atomic mass is 10.1. The number of hydrogen-bond donors (Lipinski definition) is 1. The third kappa shape index (κ3) is 1.18. The maximum Gasteiger partial charge on any atom is 0.00447 e. The molecule has 0 aromatic carbocycles. The zero-order chi connectivity index (χ0) is 8.01. The fourth-order valence-electron chi connectivity index (χ4n) is 2.74. The van der Waals surface area contributed by atoms with Gasteiger partial charge >= 0.3 is 0 Å². The van der Waals surface area contributed by atoms with Gasteiger partial charge in [0.05, 0.1) is 0 Å². The molecule has 64 valence electrons. The summed E-state index contributed by atoms with van der Waals surface area (Å²) in [6.45, 7) is 4.73. The average molecular weight is 154 g/mol. The second-order valence-electron chi connectivity index (χ2n) is 4.32. The zero-order valence-corrected chi connectivity index (χ0v) is 7.46. The number of fused-ring (bicyclic) bond motifs is 1. The minimum atomic E-state index is 0.427. The molecular formula is C9H18N2. The van der Waals surface area contributed by atoms with Crippen LogP contribution in [0.25, 0.3) is 0 Å². The molecule has 11 heavy (non-hydrogen) atoms. The Morgan fingerprint density at radius 1 is 1.45 bits per heavy atom. The van der Waals surface area contributed by atoms with E-state index in [1.165, 1.54) is 19.5 Å². The van der Waals surface area contributed by atoms with Gasteiger partial charge in [0.2, 0.25) is 0 Å². The summed E-state index contributed by atoms with van der Waals surface area (Å²) in [5, 5.41) is 0. The van der Waals surface area contributed by atoms with E-state index in [-0.39, 0.29) is 0 Å². The van der Waals surface area contributed by atoms with Gasteiger partial charge in [-0.25, -0.2) is 0 Å². The molecule has 1 saturated carbocycles. The van der Waals surface area contributed by atoms with E-state index in [1.807, 2.05) is 0 Å². The van der Waals surface area contributed by atoms with Crippen LogP contribution in [0, 0.1) is 17.8 Å². The van der Waals surface area contributed by atoms with Crippen LogP contribution in [0.4, 0.5) is 0 Å². The molecule has 1 aliphatic heterocycles. The van der Waals surface area contributed by atoms with Gasteiger partial charge in [-0.1, -0.05) is 0 Å². The molecule has 2 heteroatoms. The lowest BCUT2D eigenvalue weighted by molar-refractivity contribution is 0.265. The van der Waals surface area contributed by atoms with E-state index >= 15 is 0 Å². The maximum atomic E-state index is 5.88. The van der Waals surface area contributed by atoms with Crippen molar-refractivity contribution in [1.82, 2.24) is 4.90 Å². The molecular weight excluding hydrogens is 136 g/mol. The summed E-state index contributed by atoms with van der Waals surface area (Å²) < 4.78 is 0. The van der Waals surface area contributed by atoms with Crippen LogP contribution in [0.1, 0.15) is 13.3 Å². The molecule has 0 aromatic rings. The van der Waals surface area contributed by atoms with E-state index in [4.69, 9.17) is 5.73 Å². The van der Waals surface area contributed by atoms with Crippen LogP contribution in [-0.2, 0) is 0 Å². The first kappa shape index (κ1) is 7.56. The molecule has 1 heterocycles. The van der Waals surface area contributed by atoms with Gasteiger partial charge in [-0.2, -0.15) is 0 Å². The largest absolute Gasteiger partial charge is 0.328 e. The van der Waals surface area contributed by atoms with Crippen molar-refractivity contribution in [3.8, 4) is 0 Å². The van der Waals surface area contributed by atoms with E-state index in [0.29, 0.717) is 6.04 Å². The Kier molecular flexibility index (Phi) is 1.69. The SMILES string of the molecule is CC(N)C1C2CCN(C)CC21. The molecule has 2 rings (SSSR count). The van der Waals surface area contributed by atoms with Gasteiger partial charge in [-0.05, 0) is 44.7 Å². The van der Waals surface area contributed by atoms with Crippen LogP contribution in [0.5, 0.6) is 0 Å². The van der Waals surface area contributed by atoms with Gasteiger partial charge < -0.3 is 10.6 Å². The molecule has 2 aliphatic rings. The summed E-state index contributed by atoms with van der Waals surface area (Å²) in [7, 11) is 2.22. The number of hydrogen-bond acceptors (Lipinski definition) is 2. The Morgan fingerprint density at radius 3 is 2.73 bits per heavy atom. The molecule has 0 spiro atoms. The van der Waals surface area contributed by atoms with Crippen molar-refractivity contribution < 1.29 is 0 Å². The van der Waals surface area contributed by atoms with Crippen LogP contribution in [-0.4, -0.2) is 31.1 Å². The van der Waals surface area contributed by atoms with Crippen molar-refractivity contribution in [2.75, 3.05) is 20.1 Å². The predicted molar refractivity (Wildman–Crippen MR) is 46.2 cm³/mol. The standard InChI is InChI=1S/C9H18N2/c1-6(10)9-7-3-4-11(2)5-8(7)9/h6-9H,3-5,10H2,1-2H3. The molecule has 2 N–H and O–H groups in total. The number of nitrogens with two attached hydrogens (primary N) is 1. The van der Waals surface area contributed by atoms with Crippen molar-refractivity contribution in [1.29, 1.82) is 0 Å². The van der Waals surface area contributed by atoms with E-state index in [0.717, 1.165) is 17.8 Å². The van der Waals surface area contributed by atoms with Crippen LogP contribution in [0.15, 0.2) is 0 Å². The number of piperidine rings is 1. The molecule has 2 fully saturated rings. The van der Waals surface area contributed by atoms with Crippen LogP contribution in [0.3, 0.4) is 0 Å². The molecule has 0 amide bonds. The molecule has 1 aliphatic carbocycles. The lowest BCUT2D eigenvalue weighted by Gasteiger charge is -2.20. The summed E-state index contributed by atoms with van der Waals surface area (Å²) in [5.74, 6) is 2.76. The van der Waals surface area contributed by atoms with Crippen molar-refractivity contribution in [3.05, 3.63) is 0 Å². The van der Waals surface area contributed by atoms with Crippen molar-refractivity contribution in [2.24, 2.45) is 23.5 Å². The molecule has 1 saturated heterocycles. The lowest BCUT2D eigenvalue weighted by Crippen LogP contribution is -2.27. The van der Waals surface area contributed by atoms with Crippen molar-refractivity contribution >= 4 is 0 Å². The zero-order valence-electron chi connectivity index (χ0n) is 7.46. The molecule has 4 atom stereocenters. The fraction of sp³-hybridized carbons (Fsp3) is 1.00. The first-order valence-electron chi connectivity index (χ1n) is 4.64. The number of nitrogens with zero attached hydrogens (tertiary/aromatic N) is 1. The number of rotatable bonds is 1. The fourth-order valence-corrected chi connectivity index (χ4v) is 2.74.